The van der Waals surface area contributed by atoms with Crippen LogP contribution in [0.2, 0.25) is 0 Å². The van der Waals surface area contributed by atoms with Crippen LogP contribution in [0.1, 0.15) is 24.8 Å². The third kappa shape index (κ3) is 2.34. The van der Waals surface area contributed by atoms with Crippen molar-refractivity contribution in [2.45, 2.75) is 25.0 Å². The van der Waals surface area contributed by atoms with Gasteiger partial charge in [-0.3, -0.25) is 0 Å². The maximum Gasteiger partial charge on any atom is 0.434 e. The van der Waals surface area contributed by atoms with Gasteiger partial charge in [0.1, 0.15) is 6.10 Å². The molecular formula is C7H12ClN3O3. The van der Waals surface area contributed by atoms with E-state index in [2.05, 4.69) is 10.2 Å². The van der Waals surface area contributed by atoms with Gasteiger partial charge in [0, 0.05) is 6.04 Å². The number of ether oxygens (including phenoxy) is 1. The first-order chi connectivity index (χ1) is 6.25. The molecule has 0 aliphatic carbocycles. The smallest absolute Gasteiger partial charge is 0.390 e. The van der Waals surface area contributed by atoms with Crippen molar-refractivity contribution in [3.8, 4) is 0 Å². The third-order valence-electron chi connectivity index (χ3n) is 2.04. The van der Waals surface area contributed by atoms with E-state index in [9.17, 15) is 4.79 Å². The van der Waals surface area contributed by atoms with E-state index in [0.29, 0.717) is 12.5 Å². The maximum absolute atomic E-state index is 10.6. The second-order valence-electron chi connectivity index (χ2n) is 3.11. The molecule has 3 N–H and O–H groups in total. The number of hydrogen-bond donors (Lipinski definition) is 2. The molecule has 1 aliphatic heterocycles. The Morgan fingerprint density at radius 2 is 2.29 bits per heavy atom. The van der Waals surface area contributed by atoms with Gasteiger partial charge >= 0.3 is 5.76 Å². The molecule has 80 valence electrons. The Labute approximate surface area is 86.2 Å². The van der Waals surface area contributed by atoms with Crippen LogP contribution in [0.25, 0.3) is 0 Å². The number of nitrogens with two attached hydrogens (primary N) is 1. The number of aromatic amines is 1. The van der Waals surface area contributed by atoms with Crippen molar-refractivity contribution in [2.24, 2.45) is 5.73 Å². The Hall–Kier alpha value is -0.850. The van der Waals surface area contributed by atoms with E-state index < -0.39 is 5.76 Å². The van der Waals surface area contributed by atoms with E-state index >= 15 is 0 Å². The van der Waals surface area contributed by atoms with Crippen LogP contribution < -0.4 is 11.5 Å². The second kappa shape index (κ2) is 4.59. The first-order valence-electron chi connectivity index (χ1n) is 4.18. The highest BCUT2D eigenvalue weighted by molar-refractivity contribution is 5.85. The zero-order valence-electron chi connectivity index (χ0n) is 7.43. The average Bonchev–Trinajstić information content (AvgIpc) is 2.53. The van der Waals surface area contributed by atoms with Crippen LogP contribution in [0.3, 0.4) is 0 Å². The predicted molar refractivity (Wildman–Crippen MR) is 50.3 cm³/mol. The number of hydrogen-bond acceptors (Lipinski definition) is 5. The molecule has 0 spiro atoms. The van der Waals surface area contributed by atoms with Crippen LogP contribution in [0.4, 0.5) is 0 Å². The van der Waals surface area contributed by atoms with E-state index in [0.717, 1.165) is 12.8 Å². The van der Waals surface area contributed by atoms with E-state index in [1.807, 2.05) is 0 Å². The van der Waals surface area contributed by atoms with Gasteiger partial charge in [-0.05, 0) is 12.8 Å². The number of nitrogens with one attached hydrogen (secondary N) is 1. The lowest BCUT2D eigenvalue weighted by molar-refractivity contribution is -0.0119. The summed E-state index contributed by atoms with van der Waals surface area (Å²) in [5.41, 5.74) is 5.63. The topological polar surface area (TPSA) is 94.1 Å². The van der Waals surface area contributed by atoms with Gasteiger partial charge in [0.05, 0.1) is 6.61 Å². The molecule has 1 fully saturated rings. The molecule has 0 amide bonds. The van der Waals surface area contributed by atoms with E-state index in [1.54, 1.807) is 0 Å². The number of halogens is 1. The molecule has 0 radical (unpaired) electrons. The zero-order chi connectivity index (χ0) is 9.26. The molecule has 7 heteroatoms. The molecule has 1 aromatic heterocycles. The molecule has 2 heterocycles. The zero-order valence-corrected chi connectivity index (χ0v) is 8.25. The second-order valence-corrected chi connectivity index (χ2v) is 3.11. The standard InChI is InChI=1S/C7H11N3O3.ClH/c8-4-1-2-5(12-3-4)6-9-10-7(11)13-6;/h4-5H,1-3,8H2,(H,10,11);1H/t4-,5+;/m1./s1. The molecule has 1 aliphatic rings. The van der Waals surface area contributed by atoms with Gasteiger partial charge in [0.15, 0.2) is 0 Å². The first kappa shape index (κ1) is 11.2. The fourth-order valence-electron chi connectivity index (χ4n) is 1.35. The van der Waals surface area contributed by atoms with Gasteiger partial charge in [0.25, 0.3) is 0 Å². The largest absolute Gasteiger partial charge is 0.434 e. The van der Waals surface area contributed by atoms with Crippen molar-refractivity contribution in [1.29, 1.82) is 0 Å². The third-order valence-corrected chi connectivity index (χ3v) is 2.04. The van der Waals surface area contributed by atoms with Gasteiger partial charge in [-0.25, -0.2) is 9.89 Å². The van der Waals surface area contributed by atoms with Gasteiger partial charge < -0.3 is 14.9 Å². The van der Waals surface area contributed by atoms with Gasteiger partial charge in [-0.1, -0.05) is 0 Å². The Morgan fingerprint density at radius 1 is 1.50 bits per heavy atom. The van der Waals surface area contributed by atoms with Crippen molar-refractivity contribution in [3.05, 3.63) is 16.4 Å². The highest BCUT2D eigenvalue weighted by atomic mass is 35.5. The van der Waals surface area contributed by atoms with E-state index in [4.69, 9.17) is 14.9 Å². The molecule has 6 nitrogen and oxygen atoms in total. The molecule has 2 atom stereocenters. The van der Waals surface area contributed by atoms with Crippen molar-refractivity contribution >= 4 is 12.4 Å². The van der Waals surface area contributed by atoms with Gasteiger partial charge in [-0.2, -0.15) is 0 Å². The fourth-order valence-corrected chi connectivity index (χ4v) is 1.35. The molecule has 1 aromatic rings. The van der Waals surface area contributed by atoms with Crippen LogP contribution in [0.15, 0.2) is 9.21 Å². The summed E-state index contributed by atoms with van der Waals surface area (Å²) < 4.78 is 10.1. The first-order valence-corrected chi connectivity index (χ1v) is 4.18. The Bertz CT molecular complexity index is 329. The summed E-state index contributed by atoms with van der Waals surface area (Å²) >= 11 is 0. The summed E-state index contributed by atoms with van der Waals surface area (Å²) in [6, 6.07) is 0.0851. The molecule has 2 rings (SSSR count). The van der Waals surface area contributed by atoms with E-state index in [-0.39, 0.29) is 24.6 Å². The molecule has 0 unspecified atom stereocenters. The van der Waals surface area contributed by atoms with Crippen LogP contribution >= 0.6 is 12.4 Å². The SMILES string of the molecule is Cl.N[C@@H]1CC[C@@H](c2n[nH]c(=O)o2)OC1. The minimum Gasteiger partial charge on any atom is -0.390 e. The maximum atomic E-state index is 10.6. The lowest BCUT2D eigenvalue weighted by atomic mass is 10.1. The Balaban J connectivity index is 0.000000980. The van der Waals surface area contributed by atoms with Crippen LogP contribution in [-0.2, 0) is 4.74 Å². The highest BCUT2D eigenvalue weighted by Gasteiger charge is 2.24. The summed E-state index contributed by atoms with van der Waals surface area (Å²) in [4.78, 5) is 10.6. The molecule has 0 aromatic carbocycles. The lowest BCUT2D eigenvalue weighted by Gasteiger charge is -2.23. The Morgan fingerprint density at radius 3 is 2.79 bits per heavy atom. The lowest BCUT2D eigenvalue weighted by Crippen LogP contribution is -2.32. The fraction of sp³-hybridized carbons (Fsp3) is 0.714. The minimum absolute atomic E-state index is 0. The van der Waals surface area contributed by atoms with Gasteiger partial charge in [-0.15, -0.1) is 17.5 Å². The summed E-state index contributed by atoms with van der Waals surface area (Å²) in [5.74, 6) is -0.231. The van der Waals surface area contributed by atoms with E-state index in [1.165, 1.54) is 0 Å². The van der Waals surface area contributed by atoms with Gasteiger partial charge in [0.2, 0.25) is 5.89 Å². The predicted octanol–water partition coefficient (Wildman–Crippen LogP) is -0.0365. The summed E-state index contributed by atoms with van der Waals surface area (Å²) in [6.45, 7) is 0.487. The normalized spacial score (nSPS) is 26.9. The quantitative estimate of drug-likeness (QED) is 0.694. The summed E-state index contributed by atoms with van der Waals surface area (Å²) in [7, 11) is 0. The molecule has 0 saturated carbocycles. The van der Waals surface area contributed by atoms with Crippen molar-refractivity contribution < 1.29 is 9.15 Å². The molecule has 14 heavy (non-hydrogen) atoms. The van der Waals surface area contributed by atoms with Crippen LogP contribution in [0, 0.1) is 0 Å². The van der Waals surface area contributed by atoms with Crippen molar-refractivity contribution in [3.63, 3.8) is 0 Å². The number of nitrogens with zero attached hydrogens (tertiary/aromatic N) is 1. The Kier molecular flexibility index (Phi) is 3.68. The summed E-state index contributed by atoms with van der Waals surface area (Å²) in [6.07, 6.45) is 1.38. The summed E-state index contributed by atoms with van der Waals surface area (Å²) in [5, 5.41) is 5.89. The van der Waals surface area contributed by atoms with Crippen molar-refractivity contribution in [1.82, 2.24) is 10.2 Å². The average molecular weight is 222 g/mol. The van der Waals surface area contributed by atoms with Crippen LogP contribution in [-0.4, -0.2) is 22.8 Å². The highest BCUT2D eigenvalue weighted by Crippen LogP contribution is 2.24. The van der Waals surface area contributed by atoms with Crippen LogP contribution in [0.5, 0.6) is 0 Å². The number of rotatable bonds is 1. The molecular weight excluding hydrogens is 210 g/mol. The molecule has 1 saturated heterocycles. The van der Waals surface area contributed by atoms with Crippen molar-refractivity contribution in [2.75, 3.05) is 6.61 Å². The number of H-pyrrole nitrogens is 1. The molecule has 0 bridgehead atoms. The number of aromatic nitrogens is 2. The monoisotopic (exact) mass is 221 g/mol. The minimum atomic E-state index is -0.548.